The third-order valence-electron chi connectivity index (χ3n) is 6.77. The van der Waals surface area contributed by atoms with Gasteiger partial charge in [0.25, 0.3) is 12.4 Å². The summed E-state index contributed by atoms with van der Waals surface area (Å²) in [5, 5.41) is 16.5. The minimum Gasteiger partial charge on any atom is -0.484 e. The van der Waals surface area contributed by atoms with E-state index in [1.54, 1.807) is 4.90 Å². The molecule has 0 radical (unpaired) electrons. The van der Waals surface area contributed by atoms with Crippen LogP contribution in [0.25, 0.3) is 0 Å². The molecule has 1 unspecified atom stereocenters. The number of likely N-dealkylation sites (tertiary alicyclic amines) is 2. The number of cyclic esters (lactones) is 1. The molecule has 1 aromatic carbocycles. The highest BCUT2D eigenvalue weighted by Gasteiger charge is 2.51. The van der Waals surface area contributed by atoms with Gasteiger partial charge in [0.1, 0.15) is 11.9 Å². The zero-order valence-electron chi connectivity index (χ0n) is 19.1. The fourth-order valence-corrected chi connectivity index (χ4v) is 4.86. The van der Waals surface area contributed by atoms with Crippen molar-refractivity contribution in [2.45, 2.75) is 51.2 Å². The number of aryl methyl sites for hydroxylation is 1. The minimum absolute atomic E-state index is 0.0182. The van der Waals surface area contributed by atoms with Crippen LogP contribution in [-0.4, -0.2) is 89.9 Å². The Morgan fingerprint density at radius 2 is 1.91 bits per heavy atom. The molecule has 1 atom stereocenters. The van der Waals surface area contributed by atoms with E-state index in [1.165, 1.54) is 0 Å². The smallest absolute Gasteiger partial charge is 0.312 e. The Morgan fingerprint density at radius 3 is 2.55 bits per heavy atom. The van der Waals surface area contributed by atoms with Crippen LogP contribution >= 0.6 is 0 Å². The topological polar surface area (TPSA) is 117 Å². The molecule has 0 aliphatic carbocycles. The third kappa shape index (κ3) is 6.68. The van der Waals surface area contributed by atoms with E-state index in [0.29, 0.717) is 31.7 Å². The highest BCUT2D eigenvalue weighted by atomic mass is 16.6. The van der Waals surface area contributed by atoms with Gasteiger partial charge < -0.3 is 24.6 Å². The predicted octanol–water partition coefficient (Wildman–Crippen LogP) is 1.46. The number of carbonyl (C=O) groups is 3. The molecule has 9 heteroatoms. The highest BCUT2D eigenvalue weighted by Crippen LogP contribution is 2.43. The van der Waals surface area contributed by atoms with Gasteiger partial charge in [-0.25, -0.2) is 0 Å². The lowest BCUT2D eigenvalue weighted by Crippen LogP contribution is -2.46. The van der Waals surface area contributed by atoms with E-state index < -0.39 is 5.41 Å². The standard InChI is InChI=1S/C23H32N2O5.CH2O2/c1-17-3-2-4-19(13-17)29-16-21(27)25-11-7-23(8-12-25)14-20(30-22(23)28)15-24-9-5-18(26)6-10-24;2-1-3/h2-4,13,18,20,26H,5-12,14-16H2,1H3;1H,(H,2,3). The van der Waals surface area contributed by atoms with Gasteiger partial charge in [0, 0.05) is 39.1 Å². The van der Waals surface area contributed by atoms with E-state index in [9.17, 15) is 14.7 Å². The van der Waals surface area contributed by atoms with Crippen LogP contribution in [0.5, 0.6) is 5.75 Å². The van der Waals surface area contributed by atoms with Crippen LogP contribution in [0.3, 0.4) is 0 Å². The summed E-state index contributed by atoms with van der Waals surface area (Å²) < 4.78 is 11.4. The minimum atomic E-state index is -0.450. The van der Waals surface area contributed by atoms with E-state index in [-0.39, 0.29) is 37.2 Å². The molecular weight excluding hydrogens is 428 g/mol. The summed E-state index contributed by atoms with van der Waals surface area (Å²) in [5.41, 5.74) is 0.642. The highest BCUT2D eigenvalue weighted by molar-refractivity contribution is 5.81. The first kappa shape index (κ1) is 25.0. The zero-order valence-corrected chi connectivity index (χ0v) is 19.1. The molecule has 4 rings (SSSR count). The lowest BCUT2D eigenvalue weighted by molar-refractivity contribution is -0.153. The van der Waals surface area contributed by atoms with Crippen molar-refractivity contribution < 1.29 is 34.1 Å². The van der Waals surface area contributed by atoms with Crippen LogP contribution in [0.1, 0.15) is 37.7 Å². The summed E-state index contributed by atoms with van der Waals surface area (Å²) in [6, 6.07) is 7.66. The maximum atomic E-state index is 12.7. The molecule has 0 bridgehead atoms. The fourth-order valence-electron chi connectivity index (χ4n) is 4.86. The van der Waals surface area contributed by atoms with Crippen molar-refractivity contribution in [3.63, 3.8) is 0 Å². The molecule has 0 saturated carbocycles. The van der Waals surface area contributed by atoms with Crippen molar-refractivity contribution >= 4 is 18.3 Å². The van der Waals surface area contributed by atoms with Crippen LogP contribution in [0, 0.1) is 12.3 Å². The quantitative estimate of drug-likeness (QED) is 0.499. The fraction of sp³-hybridized carbons (Fsp3) is 0.625. The van der Waals surface area contributed by atoms with Gasteiger partial charge in [0.05, 0.1) is 11.5 Å². The lowest BCUT2D eigenvalue weighted by atomic mass is 9.76. The van der Waals surface area contributed by atoms with Crippen LogP contribution in [-0.2, 0) is 19.1 Å². The van der Waals surface area contributed by atoms with Gasteiger partial charge in [-0.3, -0.25) is 19.3 Å². The Morgan fingerprint density at radius 1 is 1.24 bits per heavy atom. The normalized spacial score (nSPS) is 22.9. The number of aliphatic hydroxyl groups is 1. The number of esters is 1. The van der Waals surface area contributed by atoms with Crippen molar-refractivity contribution in [3.8, 4) is 5.75 Å². The molecule has 3 aliphatic heterocycles. The van der Waals surface area contributed by atoms with Crippen molar-refractivity contribution in [1.82, 2.24) is 9.80 Å². The number of aliphatic hydroxyl groups excluding tert-OH is 1. The summed E-state index contributed by atoms with van der Waals surface area (Å²) in [4.78, 5) is 37.7. The van der Waals surface area contributed by atoms with E-state index in [2.05, 4.69) is 4.90 Å². The molecule has 1 aromatic rings. The number of carbonyl (C=O) groups excluding carboxylic acids is 2. The number of nitrogens with zero attached hydrogens (tertiary/aromatic N) is 2. The Kier molecular flexibility index (Phi) is 8.68. The van der Waals surface area contributed by atoms with Crippen molar-refractivity contribution in [3.05, 3.63) is 29.8 Å². The number of benzene rings is 1. The van der Waals surface area contributed by atoms with Gasteiger partial charge in [-0.1, -0.05) is 12.1 Å². The molecule has 2 N–H and O–H groups in total. The summed E-state index contributed by atoms with van der Waals surface area (Å²) in [6.07, 6.45) is 3.32. The second-order valence-corrected chi connectivity index (χ2v) is 9.13. The molecule has 3 aliphatic rings. The molecule has 1 amide bonds. The van der Waals surface area contributed by atoms with Gasteiger partial charge in [0.2, 0.25) is 0 Å². The van der Waals surface area contributed by atoms with Gasteiger partial charge in [-0.2, -0.15) is 0 Å². The molecule has 0 aromatic heterocycles. The van der Waals surface area contributed by atoms with E-state index in [1.807, 2.05) is 31.2 Å². The molecule has 9 nitrogen and oxygen atoms in total. The predicted molar refractivity (Wildman–Crippen MR) is 120 cm³/mol. The second-order valence-electron chi connectivity index (χ2n) is 9.13. The Balaban J connectivity index is 0.000000968. The maximum Gasteiger partial charge on any atom is 0.312 e. The van der Waals surface area contributed by atoms with Crippen LogP contribution in [0.15, 0.2) is 24.3 Å². The van der Waals surface area contributed by atoms with Gasteiger partial charge in [0.15, 0.2) is 6.61 Å². The first-order valence-electron chi connectivity index (χ1n) is 11.5. The Hall–Kier alpha value is -2.65. The maximum absolute atomic E-state index is 12.7. The number of hydrogen-bond donors (Lipinski definition) is 2. The Labute approximate surface area is 194 Å². The van der Waals surface area contributed by atoms with Crippen molar-refractivity contribution in [1.29, 1.82) is 0 Å². The van der Waals surface area contributed by atoms with Gasteiger partial charge >= 0.3 is 5.97 Å². The number of amides is 1. The first-order valence-corrected chi connectivity index (χ1v) is 11.5. The molecule has 3 saturated heterocycles. The van der Waals surface area contributed by atoms with Crippen LogP contribution in [0.4, 0.5) is 0 Å². The Bertz CT molecular complexity index is 815. The van der Waals surface area contributed by atoms with Gasteiger partial charge in [-0.05, 0) is 50.3 Å². The summed E-state index contributed by atoms with van der Waals surface area (Å²) in [7, 11) is 0. The molecule has 3 heterocycles. The molecule has 33 heavy (non-hydrogen) atoms. The number of rotatable bonds is 5. The van der Waals surface area contributed by atoms with Crippen molar-refractivity contribution in [2.75, 3.05) is 39.3 Å². The number of ether oxygens (including phenoxy) is 2. The van der Waals surface area contributed by atoms with E-state index in [0.717, 1.165) is 44.5 Å². The lowest BCUT2D eigenvalue weighted by Gasteiger charge is -2.36. The first-order chi connectivity index (χ1) is 15.8. The van der Waals surface area contributed by atoms with Gasteiger partial charge in [-0.15, -0.1) is 0 Å². The van der Waals surface area contributed by atoms with Crippen LogP contribution < -0.4 is 4.74 Å². The zero-order chi connectivity index (χ0) is 23.8. The number of carboxylic acid groups (broad SMARTS) is 1. The molecule has 3 fully saturated rings. The summed E-state index contributed by atoms with van der Waals surface area (Å²) in [6.45, 7) is 5.33. The molecule has 182 valence electrons. The average molecular weight is 463 g/mol. The number of hydrogen-bond acceptors (Lipinski definition) is 7. The molecular formula is C24H34N2O7. The summed E-state index contributed by atoms with van der Waals surface area (Å²) >= 11 is 0. The second kappa shape index (κ2) is 11.5. The number of piperidine rings is 2. The van der Waals surface area contributed by atoms with E-state index in [4.69, 9.17) is 19.4 Å². The average Bonchev–Trinajstić information content (AvgIpc) is 3.09. The van der Waals surface area contributed by atoms with Crippen molar-refractivity contribution in [2.24, 2.45) is 5.41 Å². The third-order valence-corrected chi connectivity index (χ3v) is 6.77. The largest absolute Gasteiger partial charge is 0.484 e. The summed E-state index contributed by atoms with van der Waals surface area (Å²) in [5.74, 6) is 0.554. The molecule has 1 spiro atoms. The van der Waals surface area contributed by atoms with E-state index >= 15 is 0 Å². The monoisotopic (exact) mass is 462 g/mol. The SMILES string of the molecule is Cc1cccc(OCC(=O)N2CCC3(CC2)CC(CN2CCC(O)CC2)OC3=O)c1.O=CO. The van der Waals surface area contributed by atoms with Crippen LogP contribution in [0.2, 0.25) is 0 Å².